The van der Waals surface area contributed by atoms with E-state index in [9.17, 15) is 4.79 Å². The first-order valence-corrected chi connectivity index (χ1v) is 6.93. The summed E-state index contributed by atoms with van der Waals surface area (Å²) < 4.78 is 6.27. The Kier molecular flexibility index (Phi) is 9.48. The van der Waals surface area contributed by atoms with Gasteiger partial charge in [0.1, 0.15) is 6.04 Å². The van der Waals surface area contributed by atoms with Crippen LogP contribution in [0.25, 0.3) is 1.43 Å². The highest BCUT2D eigenvalue weighted by atomic mass is 16.4. The Labute approximate surface area is 122 Å². The fraction of sp³-hybridized carbons (Fsp3) is 0.533. The average Bonchev–Trinajstić information content (AvgIpc) is 2.47. The zero-order valence-corrected chi connectivity index (χ0v) is 12.1. The van der Waals surface area contributed by atoms with Crippen molar-refractivity contribution < 1.29 is 9.90 Å². The van der Waals surface area contributed by atoms with Gasteiger partial charge in [-0.15, -0.1) is 0 Å². The molecule has 0 aromatic heterocycles. The van der Waals surface area contributed by atoms with Gasteiger partial charge in [0.25, 0.3) is 1.43 Å². The molecule has 20 heavy (non-hydrogen) atoms. The molecule has 0 bridgehead atoms. The minimum absolute atomic E-state index is 0.266. The minimum Gasteiger partial charge on any atom is -0.480 e. The van der Waals surface area contributed by atoms with Crippen LogP contribution in [-0.2, 0) is 11.2 Å². The summed E-state index contributed by atoms with van der Waals surface area (Å²) in [7, 11) is 0. The zero-order valence-electron chi connectivity index (χ0n) is 13.1. The number of aliphatic carboxylic acids is 1. The van der Waals surface area contributed by atoms with Crippen LogP contribution in [0.2, 0.25) is 0 Å². The number of benzene rings is 1. The maximum Gasteiger partial charge on any atom is 0.320 e. The third-order valence-corrected chi connectivity index (χ3v) is 2.67. The summed E-state index contributed by atoms with van der Waals surface area (Å²) in [5, 5.41) is 3.70. The summed E-state index contributed by atoms with van der Waals surface area (Å²) in [5.74, 6) is -0.679. The summed E-state index contributed by atoms with van der Waals surface area (Å²) >= 11 is 0. The molecule has 5 heteroatoms. The lowest BCUT2D eigenvalue weighted by Crippen LogP contribution is -2.29. The molecule has 7 N–H and O–H groups in total. The molecule has 0 spiro atoms. The lowest BCUT2D eigenvalue weighted by atomic mass is 10.1. The summed E-state index contributed by atoms with van der Waals surface area (Å²) in [6.45, 7) is 2.62. The Bertz CT molecular complexity index is 374. The highest BCUT2D eigenvalue weighted by Crippen LogP contribution is 2.00. The van der Waals surface area contributed by atoms with Gasteiger partial charge in [-0.25, -0.2) is 0 Å². The van der Waals surface area contributed by atoms with E-state index in [-0.39, 0.29) is 6.04 Å². The maximum absolute atomic E-state index is 10.5. The van der Waals surface area contributed by atoms with Crippen LogP contribution < -0.4 is 17.2 Å². The van der Waals surface area contributed by atoms with Crippen molar-refractivity contribution in [2.24, 2.45) is 17.2 Å². The molecule has 0 fully saturated rings. The van der Waals surface area contributed by atoms with Crippen molar-refractivity contribution in [3.63, 3.8) is 0 Å². The number of rotatable bonds is 7. The van der Waals surface area contributed by atoms with E-state index in [0.717, 1.165) is 19.3 Å². The average molecular weight is 282 g/mol. The topological polar surface area (TPSA) is 115 Å². The molecule has 1 unspecified atom stereocenters. The molecule has 0 saturated heterocycles. The molecular formula is C15H27N3O2. The largest absolute Gasteiger partial charge is 0.480 e. The Balaban J connectivity index is 0.000000382. The number of nitrogens with two attached hydrogens (primary N) is 3. The Morgan fingerprint density at radius 3 is 2.45 bits per heavy atom. The van der Waals surface area contributed by atoms with Crippen molar-refractivity contribution in [1.29, 1.82) is 1.43 Å². The Morgan fingerprint density at radius 2 is 1.95 bits per heavy atom. The molecule has 2 atom stereocenters. The summed E-state index contributed by atoms with van der Waals surface area (Å²) in [4.78, 5) is 10.5. The molecule has 0 heterocycles. The second-order valence-electron chi connectivity index (χ2n) is 4.88. The molecule has 1 aromatic carbocycles. The van der Waals surface area contributed by atoms with Gasteiger partial charge in [-0.3, -0.25) is 4.79 Å². The van der Waals surface area contributed by atoms with Crippen LogP contribution >= 0.6 is 0 Å². The van der Waals surface area contributed by atoms with Gasteiger partial charge in [-0.1, -0.05) is 36.8 Å². The van der Waals surface area contributed by atoms with Crippen LogP contribution in [0.4, 0.5) is 0 Å². The van der Waals surface area contributed by atoms with E-state index in [4.69, 9.17) is 18.6 Å². The number of carboxylic acid groups (broad SMARTS) is 1. The van der Waals surface area contributed by atoms with Crippen molar-refractivity contribution >= 4 is 5.97 Å². The normalized spacial score (nSPS) is 13.5. The van der Waals surface area contributed by atoms with Gasteiger partial charge in [-0.2, -0.15) is 0 Å². The molecular weight excluding hydrogens is 254 g/mol. The zero-order chi connectivity index (χ0) is 16.1. The molecule has 114 valence electrons. The summed E-state index contributed by atoms with van der Waals surface area (Å²) in [6.07, 6.45) is 3.15. The van der Waals surface area contributed by atoms with Crippen molar-refractivity contribution in [2.45, 2.75) is 44.7 Å². The van der Waals surface area contributed by atoms with Gasteiger partial charge >= 0.3 is 5.97 Å². The number of carbonyl (C=O) groups is 1. The van der Waals surface area contributed by atoms with E-state index < -0.39 is 12.0 Å². The standard InChI is InChI=1S/C9H13N.C6H14N2O2/c1-8(10)7-9-5-3-2-4-6-9;7-4-2-1-3-5(8)6(9)10/h2-6,8H,7,10H2,1H3;5H,1-4,7-8H2,(H,9,10)/t;5-/m.0/s1/i/hD. The van der Waals surface area contributed by atoms with Crippen molar-refractivity contribution in [1.82, 2.24) is 0 Å². The van der Waals surface area contributed by atoms with E-state index in [1.54, 1.807) is 0 Å². The molecule has 0 aliphatic carbocycles. The molecule has 0 saturated carbocycles. The predicted octanol–water partition coefficient (Wildman–Crippen LogP) is 1.10. The summed E-state index contributed by atoms with van der Waals surface area (Å²) in [6, 6.07) is 9.90. The molecule has 0 aliphatic heterocycles. The van der Waals surface area contributed by atoms with Crippen LogP contribution in [0.1, 0.15) is 31.7 Å². The monoisotopic (exact) mass is 282 g/mol. The summed E-state index contributed by atoms with van der Waals surface area (Å²) in [5.41, 5.74) is 17.5. The van der Waals surface area contributed by atoms with Crippen LogP contribution in [0.15, 0.2) is 30.3 Å². The highest BCUT2D eigenvalue weighted by molar-refractivity contribution is 5.72. The molecule has 5 nitrogen and oxygen atoms in total. The fourth-order valence-corrected chi connectivity index (χ4v) is 1.61. The predicted molar refractivity (Wildman–Crippen MR) is 82.3 cm³/mol. The third-order valence-electron chi connectivity index (χ3n) is 2.67. The highest BCUT2D eigenvalue weighted by Gasteiger charge is 2.09. The van der Waals surface area contributed by atoms with Gasteiger partial charge in [0.2, 0.25) is 0 Å². The van der Waals surface area contributed by atoms with E-state index in [0.29, 0.717) is 13.0 Å². The van der Waals surface area contributed by atoms with Gasteiger partial charge in [0.05, 0.1) is 0 Å². The van der Waals surface area contributed by atoms with E-state index in [1.165, 1.54) is 5.56 Å². The lowest BCUT2D eigenvalue weighted by molar-refractivity contribution is -0.138. The first-order chi connectivity index (χ1) is 10.0. The quantitative estimate of drug-likeness (QED) is 0.559. The van der Waals surface area contributed by atoms with Gasteiger partial charge < -0.3 is 22.3 Å². The second kappa shape index (κ2) is 11.4. The minimum atomic E-state index is -0.679. The van der Waals surface area contributed by atoms with Gasteiger partial charge in [0, 0.05) is 6.04 Å². The van der Waals surface area contributed by atoms with E-state index in [2.05, 4.69) is 17.2 Å². The molecule has 0 radical (unpaired) electrons. The fourth-order valence-electron chi connectivity index (χ4n) is 1.61. The van der Waals surface area contributed by atoms with Crippen LogP contribution in [0.3, 0.4) is 0 Å². The Hall–Kier alpha value is -1.43. The third kappa shape index (κ3) is 10.5. The van der Waals surface area contributed by atoms with Crippen molar-refractivity contribution in [3.05, 3.63) is 35.9 Å². The SMILES string of the molecule is CC(N)Cc1ccccc1.[2H]OC(=O)[C@@H](N)CCCCN. The second-order valence-corrected chi connectivity index (χ2v) is 4.88. The smallest absolute Gasteiger partial charge is 0.320 e. The first-order valence-electron chi connectivity index (χ1n) is 7.34. The number of hydrogen-bond donors (Lipinski definition) is 4. The number of hydrogen-bond acceptors (Lipinski definition) is 5. The van der Waals surface area contributed by atoms with Crippen molar-refractivity contribution in [3.8, 4) is 0 Å². The Morgan fingerprint density at radius 1 is 1.30 bits per heavy atom. The van der Waals surface area contributed by atoms with Crippen molar-refractivity contribution in [2.75, 3.05) is 6.54 Å². The lowest BCUT2D eigenvalue weighted by Gasteiger charge is -2.03. The molecule has 1 rings (SSSR count). The molecule has 0 aliphatic rings. The van der Waals surface area contributed by atoms with Gasteiger partial charge in [-0.05, 0) is 38.3 Å². The number of carboxylic acids is 1. The first kappa shape index (κ1) is 16.6. The van der Waals surface area contributed by atoms with E-state index >= 15 is 0 Å². The van der Waals surface area contributed by atoms with E-state index in [1.807, 2.05) is 25.1 Å². The van der Waals surface area contributed by atoms with Crippen LogP contribution in [0.5, 0.6) is 0 Å². The molecule has 1 aromatic rings. The number of unbranched alkanes of at least 4 members (excludes halogenated alkanes) is 1. The molecule has 0 amide bonds. The maximum atomic E-state index is 10.5. The van der Waals surface area contributed by atoms with Crippen LogP contribution in [-0.4, -0.2) is 29.7 Å². The van der Waals surface area contributed by atoms with Gasteiger partial charge in [0.15, 0.2) is 0 Å². The van der Waals surface area contributed by atoms with Crippen LogP contribution in [0, 0.1) is 0 Å².